The van der Waals surface area contributed by atoms with Crippen molar-refractivity contribution in [2.45, 2.75) is 26.2 Å². The molecule has 4 heteroatoms. The van der Waals surface area contributed by atoms with E-state index in [2.05, 4.69) is 6.92 Å². The fourth-order valence-corrected chi connectivity index (χ4v) is 1.90. The van der Waals surface area contributed by atoms with Crippen LogP contribution in [0.1, 0.15) is 25.3 Å². The van der Waals surface area contributed by atoms with Crippen LogP contribution in [-0.4, -0.2) is 37.6 Å². The zero-order valence-electron chi connectivity index (χ0n) is 11.9. The summed E-state index contributed by atoms with van der Waals surface area (Å²) in [6.45, 7) is 4.06. The van der Waals surface area contributed by atoms with Crippen LogP contribution in [0.25, 0.3) is 0 Å². The molecule has 1 amide bonds. The van der Waals surface area contributed by atoms with Crippen molar-refractivity contribution in [1.82, 2.24) is 4.90 Å². The molecule has 0 unspecified atom stereocenters. The van der Waals surface area contributed by atoms with Crippen LogP contribution in [0.2, 0.25) is 0 Å². The van der Waals surface area contributed by atoms with Gasteiger partial charge < -0.3 is 15.4 Å². The van der Waals surface area contributed by atoms with Crippen molar-refractivity contribution in [2.24, 2.45) is 5.73 Å². The van der Waals surface area contributed by atoms with Gasteiger partial charge in [-0.05, 0) is 24.1 Å². The normalized spacial score (nSPS) is 10.3. The Kier molecular flexibility index (Phi) is 6.97. The second-order valence-corrected chi connectivity index (χ2v) is 4.55. The Labute approximate surface area is 115 Å². The Morgan fingerprint density at radius 3 is 2.47 bits per heavy atom. The van der Waals surface area contributed by atoms with Crippen molar-refractivity contribution in [1.29, 1.82) is 0 Å². The zero-order chi connectivity index (χ0) is 14.1. The largest absolute Gasteiger partial charge is 0.497 e. The molecule has 0 aliphatic heterocycles. The van der Waals surface area contributed by atoms with Crippen molar-refractivity contribution in [2.75, 3.05) is 26.7 Å². The maximum absolute atomic E-state index is 12.2. The Bertz CT molecular complexity index is 376. The van der Waals surface area contributed by atoms with Crippen LogP contribution in [-0.2, 0) is 11.2 Å². The van der Waals surface area contributed by atoms with Crippen LogP contribution in [0.4, 0.5) is 0 Å². The smallest absolute Gasteiger partial charge is 0.227 e. The summed E-state index contributed by atoms with van der Waals surface area (Å²) in [5.41, 5.74) is 6.56. The van der Waals surface area contributed by atoms with Gasteiger partial charge in [-0.2, -0.15) is 0 Å². The summed E-state index contributed by atoms with van der Waals surface area (Å²) in [4.78, 5) is 14.1. The highest BCUT2D eigenvalue weighted by molar-refractivity contribution is 5.78. The number of benzene rings is 1. The van der Waals surface area contributed by atoms with Crippen LogP contribution in [0.3, 0.4) is 0 Å². The minimum Gasteiger partial charge on any atom is -0.497 e. The van der Waals surface area contributed by atoms with Gasteiger partial charge in [0.05, 0.1) is 13.5 Å². The van der Waals surface area contributed by atoms with E-state index in [0.717, 1.165) is 30.7 Å². The monoisotopic (exact) mass is 264 g/mol. The number of nitrogens with two attached hydrogens (primary N) is 1. The first-order chi connectivity index (χ1) is 9.21. The third-order valence-corrected chi connectivity index (χ3v) is 3.05. The molecule has 0 saturated heterocycles. The lowest BCUT2D eigenvalue weighted by Crippen LogP contribution is -2.37. The molecule has 106 valence electrons. The highest BCUT2D eigenvalue weighted by Crippen LogP contribution is 2.12. The van der Waals surface area contributed by atoms with Crippen LogP contribution in [0.15, 0.2) is 24.3 Å². The van der Waals surface area contributed by atoms with Gasteiger partial charge >= 0.3 is 0 Å². The van der Waals surface area contributed by atoms with Crippen LogP contribution < -0.4 is 10.5 Å². The van der Waals surface area contributed by atoms with E-state index in [9.17, 15) is 4.79 Å². The summed E-state index contributed by atoms with van der Waals surface area (Å²) in [7, 11) is 1.63. The molecule has 0 saturated carbocycles. The lowest BCUT2D eigenvalue weighted by molar-refractivity contribution is -0.130. The van der Waals surface area contributed by atoms with Crippen LogP contribution >= 0.6 is 0 Å². The Morgan fingerprint density at radius 2 is 1.95 bits per heavy atom. The maximum atomic E-state index is 12.2. The van der Waals surface area contributed by atoms with E-state index in [1.165, 1.54) is 0 Å². The number of nitrogens with zero attached hydrogens (tertiary/aromatic N) is 1. The minimum absolute atomic E-state index is 0.143. The van der Waals surface area contributed by atoms with E-state index in [0.29, 0.717) is 19.5 Å². The number of hydrogen-bond donors (Lipinski definition) is 1. The fraction of sp³-hybridized carbons (Fsp3) is 0.533. The first-order valence-corrected chi connectivity index (χ1v) is 6.82. The van der Waals surface area contributed by atoms with Gasteiger partial charge in [0.1, 0.15) is 5.75 Å². The van der Waals surface area contributed by atoms with E-state index >= 15 is 0 Å². The number of hydrogen-bond acceptors (Lipinski definition) is 3. The standard InChI is InChI=1S/C15H24N2O2/c1-3-4-10-17(11-9-16)15(18)12-13-5-7-14(19-2)8-6-13/h5-8H,3-4,9-12,16H2,1-2H3. The number of carbonyl (C=O) groups is 1. The molecule has 0 heterocycles. The van der Waals surface area contributed by atoms with Crippen LogP contribution in [0, 0.1) is 0 Å². The summed E-state index contributed by atoms with van der Waals surface area (Å²) in [5.74, 6) is 0.949. The number of amides is 1. The highest BCUT2D eigenvalue weighted by atomic mass is 16.5. The quantitative estimate of drug-likeness (QED) is 0.779. The molecule has 0 spiro atoms. The predicted octanol–water partition coefficient (Wildman–Crippen LogP) is 1.83. The summed E-state index contributed by atoms with van der Waals surface area (Å²) in [6, 6.07) is 7.61. The molecular weight excluding hydrogens is 240 g/mol. The zero-order valence-corrected chi connectivity index (χ0v) is 11.9. The average molecular weight is 264 g/mol. The number of unbranched alkanes of at least 4 members (excludes halogenated alkanes) is 1. The number of rotatable bonds is 8. The molecule has 0 fully saturated rings. The third-order valence-electron chi connectivity index (χ3n) is 3.05. The van der Waals surface area contributed by atoms with Crippen molar-refractivity contribution in [3.63, 3.8) is 0 Å². The molecule has 0 aliphatic rings. The van der Waals surface area contributed by atoms with Gasteiger partial charge in [-0.15, -0.1) is 0 Å². The molecular formula is C15H24N2O2. The SMILES string of the molecule is CCCCN(CCN)C(=O)Cc1ccc(OC)cc1. The minimum atomic E-state index is 0.143. The van der Waals surface area contributed by atoms with Gasteiger partial charge in [0.15, 0.2) is 0 Å². The lowest BCUT2D eigenvalue weighted by Gasteiger charge is -2.22. The fourth-order valence-electron chi connectivity index (χ4n) is 1.90. The van der Waals surface area contributed by atoms with Gasteiger partial charge in [0.2, 0.25) is 5.91 Å². The first-order valence-electron chi connectivity index (χ1n) is 6.82. The summed E-state index contributed by atoms with van der Waals surface area (Å²) in [6.07, 6.45) is 2.53. The average Bonchev–Trinajstić information content (AvgIpc) is 2.44. The van der Waals surface area contributed by atoms with Crippen molar-refractivity contribution >= 4 is 5.91 Å². The molecule has 1 aromatic rings. The predicted molar refractivity (Wildman–Crippen MR) is 77.2 cm³/mol. The van der Waals surface area contributed by atoms with E-state index in [1.54, 1.807) is 7.11 Å². The van der Waals surface area contributed by atoms with Gasteiger partial charge in [0.25, 0.3) is 0 Å². The second-order valence-electron chi connectivity index (χ2n) is 4.55. The Balaban J connectivity index is 2.58. The van der Waals surface area contributed by atoms with Gasteiger partial charge in [-0.3, -0.25) is 4.79 Å². The number of ether oxygens (including phenoxy) is 1. The third kappa shape index (κ3) is 5.30. The van der Waals surface area contributed by atoms with Gasteiger partial charge in [0, 0.05) is 19.6 Å². The topological polar surface area (TPSA) is 55.6 Å². The van der Waals surface area contributed by atoms with Gasteiger partial charge in [-0.1, -0.05) is 25.5 Å². The molecule has 0 radical (unpaired) electrons. The van der Waals surface area contributed by atoms with Gasteiger partial charge in [-0.25, -0.2) is 0 Å². The summed E-state index contributed by atoms with van der Waals surface area (Å²) >= 11 is 0. The molecule has 2 N–H and O–H groups in total. The number of methoxy groups -OCH3 is 1. The molecule has 1 aromatic carbocycles. The molecule has 0 aromatic heterocycles. The van der Waals surface area contributed by atoms with E-state index < -0.39 is 0 Å². The van der Waals surface area contributed by atoms with E-state index in [-0.39, 0.29) is 5.91 Å². The summed E-state index contributed by atoms with van der Waals surface area (Å²) in [5, 5.41) is 0. The lowest BCUT2D eigenvalue weighted by atomic mass is 10.1. The second kappa shape index (κ2) is 8.53. The molecule has 0 aliphatic carbocycles. The highest BCUT2D eigenvalue weighted by Gasteiger charge is 2.12. The molecule has 0 atom stereocenters. The molecule has 4 nitrogen and oxygen atoms in total. The first kappa shape index (κ1) is 15.5. The Hall–Kier alpha value is -1.55. The molecule has 19 heavy (non-hydrogen) atoms. The molecule has 0 bridgehead atoms. The van der Waals surface area contributed by atoms with Crippen LogP contribution in [0.5, 0.6) is 5.75 Å². The summed E-state index contributed by atoms with van der Waals surface area (Å²) < 4.78 is 5.10. The number of carbonyl (C=O) groups excluding carboxylic acids is 1. The van der Waals surface area contributed by atoms with E-state index in [1.807, 2.05) is 29.2 Å². The van der Waals surface area contributed by atoms with E-state index in [4.69, 9.17) is 10.5 Å². The Morgan fingerprint density at radius 1 is 1.26 bits per heavy atom. The molecule has 1 rings (SSSR count). The van der Waals surface area contributed by atoms with Crippen molar-refractivity contribution < 1.29 is 9.53 Å². The van der Waals surface area contributed by atoms with Crippen molar-refractivity contribution in [3.05, 3.63) is 29.8 Å². The van der Waals surface area contributed by atoms with Crippen molar-refractivity contribution in [3.8, 4) is 5.75 Å². The maximum Gasteiger partial charge on any atom is 0.227 e.